The highest BCUT2D eigenvalue weighted by Gasteiger charge is 2.19. The molecule has 0 spiro atoms. The van der Waals surface area contributed by atoms with Crippen LogP contribution in [0.25, 0.3) is 0 Å². The van der Waals surface area contributed by atoms with Crippen molar-refractivity contribution in [1.82, 2.24) is 9.88 Å². The number of nitrogens with one attached hydrogen (secondary N) is 1. The molecule has 0 saturated carbocycles. The maximum absolute atomic E-state index is 12.6. The van der Waals surface area contributed by atoms with E-state index in [2.05, 4.69) is 14.6 Å². The lowest BCUT2D eigenvalue weighted by Crippen LogP contribution is -2.46. The van der Waals surface area contributed by atoms with Crippen molar-refractivity contribution >= 4 is 27.9 Å². The van der Waals surface area contributed by atoms with E-state index in [-0.39, 0.29) is 4.90 Å². The minimum absolute atomic E-state index is 0.192. The largest absolute Gasteiger partial charge is 0.497 e. The molecule has 0 atom stereocenters. The lowest BCUT2D eigenvalue weighted by atomic mass is 10.2. The first-order chi connectivity index (χ1) is 12.9. The molecular formula is C18H22N4O4S. The number of ether oxygens (including phenoxy) is 1. The van der Waals surface area contributed by atoms with Gasteiger partial charge in [0.2, 0.25) is 6.41 Å². The summed E-state index contributed by atoms with van der Waals surface area (Å²) in [6, 6.07) is 8.27. The van der Waals surface area contributed by atoms with Gasteiger partial charge in [-0.05, 0) is 42.8 Å². The number of hydrogen-bond acceptors (Lipinski definition) is 6. The molecule has 8 nitrogen and oxygen atoms in total. The van der Waals surface area contributed by atoms with Gasteiger partial charge < -0.3 is 14.5 Å². The number of piperazine rings is 1. The first-order valence-corrected chi connectivity index (χ1v) is 9.99. The molecule has 144 valence electrons. The zero-order valence-electron chi connectivity index (χ0n) is 15.3. The van der Waals surface area contributed by atoms with Gasteiger partial charge in [-0.25, -0.2) is 13.4 Å². The second-order valence-corrected chi connectivity index (χ2v) is 7.92. The molecule has 27 heavy (non-hydrogen) atoms. The Kier molecular flexibility index (Phi) is 5.50. The van der Waals surface area contributed by atoms with Crippen molar-refractivity contribution in [2.75, 3.05) is 42.9 Å². The van der Waals surface area contributed by atoms with Gasteiger partial charge in [-0.1, -0.05) is 0 Å². The van der Waals surface area contributed by atoms with Crippen molar-refractivity contribution in [3.8, 4) is 5.75 Å². The van der Waals surface area contributed by atoms with E-state index < -0.39 is 10.0 Å². The maximum atomic E-state index is 12.6. The van der Waals surface area contributed by atoms with Gasteiger partial charge >= 0.3 is 0 Å². The fourth-order valence-electron chi connectivity index (χ4n) is 2.95. The number of benzene rings is 1. The van der Waals surface area contributed by atoms with Crippen molar-refractivity contribution in [2.45, 2.75) is 11.8 Å². The second kappa shape index (κ2) is 7.83. The number of carbonyl (C=O) groups is 1. The summed E-state index contributed by atoms with van der Waals surface area (Å²) in [5.74, 6) is 1.36. The van der Waals surface area contributed by atoms with E-state index in [1.807, 2.05) is 0 Å². The van der Waals surface area contributed by atoms with Crippen LogP contribution in [0.5, 0.6) is 5.75 Å². The number of nitrogens with zero attached hydrogens (tertiary/aromatic N) is 3. The summed E-state index contributed by atoms with van der Waals surface area (Å²) >= 11 is 0. The van der Waals surface area contributed by atoms with Gasteiger partial charge in [0.25, 0.3) is 10.0 Å². The summed E-state index contributed by atoms with van der Waals surface area (Å²) in [7, 11) is -2.19. The Hall–Kier alpha value is -2.81. The Bertz CT molecular complexity index is 907. The molecule has 1 saturated heterocycles. The first kappa shape index (κ1) is 19.0. The number of carbonyl (C=O) groups excluding carboxylic acids is 1. The molecule has 2 heterocycles. The maximum Gasteiger partial charge on any atom is 0.262 e. The smallest absolute Gasteiger partial charge is 0.262 e. The average Bonchev–Trinajstić information content (AvgIpc) is 2.68. The van der Waals surface area contributed by atoms with Crippen LogP contribution in [-0.4, -0.2) is 58.0 Å². The summed E-state index contributed by atoms with van der Waals surface area (Å²) in [5, 5.41) is 0. The van der Waals surface area contributed by atoms with E-state index in [4.69, 9.17) is 4.74 Å². The molecule has 1 aliphatic heterocycles. The molecule has 0 bridgehead atoms. The number of anilines is 2. The van der Waals surface area contributed by atoms with E-state index >= 15 is 0 Å². The minimum Gasteiger partial charge on any atom is -0.497 e. The van der Waals surface area contributed by atoms with E-state index in [1.54, 1.807) is 36.1 Å². The van der Waals surface area contributed by atoms with Gasteiger partial charge in [-0.3, -0.25) is 9.52 Å². The third-order valence-corrected chi connectivity index (χ3v) is 6.00. The zero-order chi connectivity index (χ0) is 19.4. The number of aryl methyl sites for hydroxylation is 1. The number of sulfonamides is 1. The summed E-state index contributed by atoms with van der Waals surface area (Å²) in [5.41, 5.74) is 0.986. The Morgan fingerprint density at radius 1 is 1.15 bits per heavy atom. The minimum atomic E-state index is -3.72. The van der Waals surface area contributed by atoms with Crippen LogP contribution < -0.4 is 14.4 Å². The lowest BCUT2D eigenvalue weighted by molar-refractivity contribution is -0.118. The third-order valence-electron chi connectivity index (χ3n) is 4.46. The molecule has 0 aliphatic carbocycles. The van der Waals surface area contributed by atoms with Crippen LogP contribution in [0.1, 0.15) is 5.56 Å². The molecule has 1 fully saturated rings. The number of methoxy groups -OCH3 is 1. The molecule has 2 aromatic rings. The number of aromatic nitrogens is 1. The highest BCUT2D eigenvalue weighted by atomic mass is 32.2. The van der Waals surface area contributed by atoms with Gasteiger partial charge in [-0.2, -0.15) is 0 Å². The number of pyridine rings is 1. The molecule has 9 heteroatoms. The van der Waals surface area contributed by atoms with Gasteiger partial charge in [0, 0.05) is 26.2 Å². The normalized spacial score (nSPS) is 14.7. The van der Waals surface area contributed by atoms with Crippen molar-refractivity contribution in [2.24, 2.45) is 0 Å². The fraction of sp³-hybridized carbons (Fsp3) is 0.333. The fourth-order valence-corrected chi connectivity index (χ4v) is 4.22. The Labute approximate surface area is 158 Å². The van der Waals surface area contributed by atoms with Crippen molar-refractivity contribution in [3.05, 3.63) is 42.1 Å². The quantitative estimate of drug-likeness (QED) is 0.751. The molecule has 0 unspecified atom stereocenters. The lowest BCUT2D eigenvalue weighted by Gasteiger charge is -2.33. The monoisotopic (exact) mass is 390 g/mol. The van der Waals surface area contributed by atoms with E-state index in [0.29, 0.717) is 43.2 Å². The Morgan fingerprint density at radius 3 is 2.44 bits per heavy atom. The molecule has 0 radical (unpaired) electrons. The van der Waals surface area contributed by atoms with Crippen molar-refractivity contribution < 1.29 is 17.9 Å². The van der Waals surface area contributed by atoms with Crippen molar-refractivity contribution in [3.63, 3.8) is 0 Å². The van der Waals surface area contributed by atoms with Crippen LogP contribution in [0.4, 0.5) is 11.5 Å². The molecular weight excluding hydrogens is 368 g/mol. The molecule has 1 aromatic carbocycles. The summed E-state index contributed by atoms with van der Waals surface area (Å²) in [6.45, 7) is 4.41. The van der Waals surface area contributed by atoms with Crippen LogP contribution in [0.3, 0.4) is 0 Å². The molecule has 1 amide bonds. The second-order valence-electron chi connectivity index (χ2n) is 6.27. The predicted octanol–water partition coefficient (Wildman–Crippen LogP) is 1.48. The molecule has 1 N–H and O–H groups in total. The summed E-state index contributed by atoms with van der Waals surface area (Å²) in [6.07, 6.45) is 2.35. The number of hydrogen-bond donors (Lipinski definition) is 1. The van der Waals surface area contributed by atoms with Gasteiger partial charge in [0.1, 0.15) is 11.6 Å². The average molecular weight is 390 g/mol. The van der Waals surface area contributed by atoms with Crippen LogP contribution in [0.2, 0.25) is 0 Å². The SMILES string of the molecule is COc1ccc(S(=O)(=O)Nc2ccc(N3CCN(C=O)CC3)nc2)c(C)c1. The molecule has 1 aromatic heterocycles. The molecule has 1 aliphatic rings. The molecule has 3 rings (SSSR count). The first-order valence-electron chi connectivity index (χ1n) is 8.51. The summed E-state index contributed by atoms with van der Waals surface area (Å²) in [4.78, 5) is 19.1. The van der Waals surface area contributed by atoms with E-state index in [9.17, 15) is 13.2 Å². The third kappa shape index (κ3) is 4.30. The Balaban J connectivity index is 1.71. The zero-order valence-corrected chi connectivity index (χ0v) is 16.1. The van der Waals surface area contributed by atoms with E-state index in [0.717, 1.165) is 12.2 Å². The number of amides is 1. The van der Waals surface area contributed by atoms with Gasteiger partial charge in [-0.15, -0.1) is 0 Å². The Morgan fingerprint density at radius 2 is 1.89 bits per heavy atom. The van der Waals surface area contributed by atoms with E-state index in [1.165, 1.54) is 19.4 Å². The topological polar surface area (TPSA) is 91.8 Å². The standard InChI is InChI=1S/C18H22N4O4S/c1-14-11-16(26-2)4-5-17(14)27(24,25)20-15-3-6-18(19-12-15)22-9-7-21(13-23)8-10-22/h3-6,11-13,20H,7-10H2,1-2H3. The highest BCUT2D eigenvalue weighted by molar-refractivity contribution is 7.92. The number of rotatable bonds is 6. The van der Waals surface area contributed by atoms with Crippen molar-refractivity contribution in [1.29, 1.82) is 0 Å². The summed E-state index contributed by atoms with van der Waals surface area (Å²) < 4.78 is 33.0. The van der Waals surface area contributed by atoms with Crippen LogP contribution in [-0.2, 0) is 14.8 Å². The highest BCUT2D eigenvalue weighted by Crippen LogP contribution is 2.24. The van der Waals surface area contributed by atoms with Crippen LogP contribution in [0, 0.1) is 6.92 Å². The van der Waals surface area contributed by atoms with Gasteiger partial charge in [0.05, 0.1) is 23.9 Å². The van der Waals surface area contributed by atoms with Crippen LogP contribution >= 0.6 is 0 Å². The van der Waals surface area contributed by atoms with Crippen LogP contribution in [0.15, 0.2) is 41.4 Å². The predicted molar refractivity (Wildman–Crippen MR) is 103 cm³/mol. The van der Waals surface area contributed by atoms with Gasteiger partial charge in [0.15, 0.2) is 0 Å².